The Bertz CT molecular complexity index is 899. The molecule has 1 amide bonds. The molecule has 0 bridgehead atoms. The van der Waals surface area contributed by atoms with Gasteiger partial charge in [0.1, 0.15) is 11.9 Å². The Morgan fingerprint density at radius 1 is 1.44 bits per heavy atom. The molecule has 1 saturated heterocycles. The van der Waals surface area contributed by atoms with Crippen LogP contribution in [-0.4, -0.2) is 64.4 Å². The van der Waals surface area contributed by atoms with Crippen LogP contribution in [0.5, 0.6) is 0 Å². The smallest absolute Gasteiger partial charge is 0.259 e. The summed E-state index contributed by atoms with van der Waals surface area (Å²) in [6.07, 6.45) is 5.48. The highest BCUT2D eigenvalue weighted by Gasteiger charge is 2.31. The molecule has 0 aliphatic carbocycles. The first-order valence-electron chi connectivity index (χ1n) is 9.00. The van der Waals surface area contributed by atoms with Gasteiger partial charge in [0, 0.05) is 19.5 Å². The third-order valence-corrected chi connectivity index (χ3v) is 4.56. The Labute approximate surface area is 155 Å². The lowest BCUT2D eigenvalue weighted by Gasteiger charge is -2.30. The highest BCUT2D eigenvalue weighted by molar-refractivity contribution is 5.97. The third-order valence-electron chi connectivity index (χ3n) is 4.56. The molecule has 1 unspecified atom stereocenters. The Hall–Kier alpha value is -3.11. The van der Waals surface area contributed by atoms with E-state index in [1.54, 1.807) is 4.90 Å². The van der Waals surface area contributed by atoms with Gasteiger partial charge in [-0.05, 0) is 29.2 Å². The lowest BCUT2D eigenvalue weighted by Crippen LogP contribution is -2.39. The van der Waals surface area contributed by atoms with Crippen molar-refractivity contribution in [1.29, 1.82) is 0 Å². The van der Waals surface area contributed by atoms with Crippen molar-refractivity contribution in [2.45, 2.75) is 39.0 Å². The van der Waals surface area contributed by atoms with Gasteiger partial charge in [-0.3, -0.25) is 9.89 Å². The van der Waals surface area contributed by atoms with Gasteiger partial charge < -0.3 is 9.42 Å². The maximum atomic E-state index is 13.0. The number of nitrogens with one attached hydrogen (secondary N) is 1. The molecule has 1 fully saturated rings. The molecule has 0 saturated carbocycles. The van der Waals surface area contributed by atoms with Crippen molar-refractivity contribution in [3.05, 3.63) is 29.8 Å². The van der Waals surface area contributed by atoms with Gasteiger partial charge in [-0.1, -0.05) is 19.0 Å². The van der Waals surface area contributed by atoms with E-state index in [1.807, 2.05) is 0 Å². The fraction of sp³-hybridized carbons (Fsp3) is 0.562. The van der Waals surface area contributed by atoms with Crippen molar-refractivity contribution in [3.63, 3.8) is 0 Å². The maximum absolute atomic E-state index is 13.0. The minimum atomic E-state index is -0.124. The first kappa shape index (κ1) is 17.3. The van der Waals surface area contributed by atoms with Gasteiger partial charge >= 0.3 is 0 Å². The molecule has 0 aromatic carbocycles. The SMILES string of the molecule is CC(C)Cc1noc(C2CCCN(C(=O)c3cn[nH]c3-n3cnnn3)C2)n1. The van der Waals surface area contributed by atoms with Crippen LogP contribution in [0.15, 0.2) is 17.0 Å². The monoisotopic (exact) mass is 371 g/mol. The van der Waals surface area contributed by atoms with E-state index in [9.17, 15) is 4.79 Å². The summed E-state index contributed by atoms with van der Waals surface area (Å²) >= 11 is 0. The lowest BCUT2D eigenvalue weighted by atomic mass is 9.97. The molecule has 142 valence electrons. The summed E-state index contributed by atoms with van der Waals surface area (Å²) < 4.78 is 6.84. The molecule has 3 aromatic heterocycles. The summed E-state index contributed by atoms with van der Waals surface area (Å²) in [7, 11) is 0. The van der Waals surface area contributed by atoms with E-state index in [1.165, 1.54) is 17.2 Å². The lowest BCUT2D eigenvalue weighted by molar-refractivity contribution is 0.0695. The van der Waals surface area contributed by atoms with Gasteiger partial charge in [-0.15, -0.1) is 5.10 Å². The summed E-state index contributed by atoms with van der Waals surface area (Å²) in [5.41, 5.74) is 0.425. The number of carbonyl (C=O) groups is 1. The summed E-state index contributed by atoms with van der Waals surface area (Å²) in [6.45, 7) is 5.43. The number of tetrazole rings is 1. The second kappa shape index (κ2) is 7.25. The second-order valence-corrected chi connectivity index (χ2v) is 7.12. The number of amides is 1. The van der Waals surface area contributed by atoms with E-state index in [2.05, 4.69) is 49.7 Å². The molecule has 27 heavy (non-hydrogen) atoms. The summed E-state index contributed by atoms with van der Waals surface area (Å²) in [4.78, 5) is 19.3. The predicted molar refractivity (Wildman–Crippen MR) is 92.0 cm³/mol. The number of hydrogen-bond donors (Lipinski definition) is 1. The Balaban J connectivity index is 1.49. The molecule has 1 aliphatic heterocycles. The van der Waals surface area contributed by atoms with Crippen molar-refractivity contribution in [1.82, 2.24) is 45.4 Å². The first-order chi connectivity index (χ1) is 13.1. The maximum Gasteiger partial charge on any atom is 0.259 e. The van der Waals surface area contributed by atoms with Crippen molar-refractivity contribution < 1.29 is 9.32 Å². The highest BCUT2D eigenvalue weighted by Crippen LogP contribution is 2.27. The second-order valence-electron chi connectivity index (χ2n) is 7.12. The Morgan fingerprint density at radius 2 is 2.33 bits per heavy atom. The molecule has 4 heterocycles. The molecule has 11 heteroatoms. The van der Waals surface area contributed by atoms with Gasteiger partial charge in [-0.2, -0.15) is 14.8 Å². The number of carbonyl (C=O) groups excluding carboxylic acids is 1. The molecule has 3 aromatic rings. The van der Waals surface area contributed by atoms with Crippen LogP contribution >= 0.6 is 0 Å². The van der Waals surface area contributed by atoms with Crippen molar-refractivity contribution in [2.24, 2.45) is 5.92 Å². The first-order valence-corrected chi connectivity index (χ1v) is 9.00. The minimum absolute atomic E-state index is 0.0412. The molecular weight excluding hydrogens is 350 g/mol. The summed E-state index contributed by atoms with van der Waals surface area (Å²) in [5.74, 6) is 2.16. The van der Waals surface area contributed by atoms with E-state index in [0.717, 1.165) is 25.1 Å². The third kappa shape index (κ3) is 3.57. The van der Waals surface area contributed by atoms with E-state index in [4.69, 9.17) is 4.52 Å². The quantitative estimate of drug-likeness (QED) is 0.702. The Kier molecular flexibility index (Phi) is 4.65. The van der Waals surface area contributed by atoms with Crippen LogP contribution in [0.25, 0.3) is 5.82 Å². The van der Waals surface area contributed by atoms with Crippen LogP contribution in [0.1, 0.15) is 54.7 Å². The molecule has 11 nitrogen and oxygen atoms in total. The fourth-order valence-corrected chi connectivity index (χ4v) is 3.29. The molecule has 1 N–H and O–H groups in total. The number of nitrogens with zero attached hydrogens (tertiary/aromatic N) is 8. The van der Waals surface area contributed by atoms with Crippen LogP contribution in [0, 0.1) is 5.92 Å². The van der Waals surface area contributed by atoms with E-state index in [-0.39, 0.29) is 11.8 Å². The largest absolute Gasteiger partial charge is 0.339 e. The van der Waals surface area contributed by atoms with Gasteiger partial charge in [-0.25, -0.2) is 0 Å². The highest BCUT2D eigenvalue weighted by atomic mass is 16.5. The van der Waals surface area contributed by atoms with Gasteiger partial charge in [0.25, 0.3) is 5.91 Å². The topological polar surface area (TPSA) is 132 Å². The zero-order valence-corrected chi connectivity index (χ0v) is 15.2. The van der Waals surface area contributed by atoms with E-state index in [0.29, 0.717) is 36.3 Å². The van der Waals surface area contributed by atoms with Crippen LogP contribution in [0.4, 0.5) is 0 Å². The zero-order chi connectivity index (χ0) is 18.8. The number of hydrogen-bond acceptors (Lipinski definition) is 8. The fourth-order valence-electron chi connectivity index (χ4n) is 3.29. The van der Waals surface area contributed by atoms with Crippen molar-refractivity contribution in [3.8, 4) is 5.82 Å². The molecular formula is C16H21N9O2. The number of piperidine rings is 1. The van der Waals surface area contributed by atoms with Gasteiger partial charge in [0.05, 0.1) is 12.1 Å². The number of aromatic amines is 1. The molecule has 0 radical (unpaired) electrons. The molecule has 1 atom stereocenters. The minimum Gasteiger partial charge on any atom is -0.339 e. The number of likely N-dealkylation sites (tertiary alicyclic amines) is 1. The van der Waals surface area contributed by atoms with Crippen molar-refractivity contribution in [2.75, 3.05) is 13.1 Å². The van der Waals surface area contributed by atoms with Gasteiger partial charge in [0.15, 0.2) is 11.6 Å². The van der Waals surface area contributed by atoms with Crippen molar-refractivity contribution >= 4 is 5.91 Å². The standard InChI is InChI=1S/C16H21N9O2/c1-10(2)6-13-19-15(27-21-13)11-4-3-5-24(8-11)16(26)12-7-17-20-14(12)25-9-18-22-23-25/h7,9-11H,3-6,8H2,1-2H3,(H,17,20). The zero-order valence-electron chi connectivity index (χ0n) is 15.2. The van der Waals surface area contributed by atoms with Crippen LogP contribution in [0.3, 0.4) is 0 Å². The average Bonchev–Trinajstić information content (AvgIpc) is 3.41. The Morgan fingerprint density at radius 3 is 3.11 bits per heavy atom. The normalized spacial score (nSPS) is 17.6. The predicted octanol–water partition coefficient (Wildman–Crippen LogP) is 0.987. The molecule has 4 rings (SSSR count). The average molecular weight is 371 g/mol. The van der Waals surface area contributed by atoms with E-state index >= 15 is 0 Å². The van der Waals surface area contributed by atoms with Gasteiger partial charge in [0.2, 0.25) is 5.89 Å². The molecule has 0 spiro atoms. The van der Waals surface area contributed by atoms with E-state index < -0.39 is 0 Å². The summed E-state index contributed by atoms with van der Waals surface area (Å²) in [5, 5.41) is 21.8. The number of H-pyrrole nitrogens is 1. The van der Waals surface area contributed by atoms with Crippen LogP contribution in [-0.2, 0) is 6.42 Å². The molecule has 1 aliphatic rings. The van der Waals surface area contributed by atoms with Crippen LogP contribution in [0.2, 0.25) is 0 Å². The number of rotatable bonds is 5. The number of aromatic nitrogens is 8. The summed E-state index contributed by atoms with van der Waals surface area (Å²) in [6, 6.07) is 0. The van der Waals surface area contributed by atoms with Crippen LogP contribution < -0.4 is 0 Å².